The van der Waals surface area contributed by atoms with Gasteiger partial charge in [-0.05, 0) is 89.0 Å². The molecule has 274 valence electrons. The number of pyridine rings is 1. The SMILES string of the molecule is CCCc1ccnc(-n2c3[c-]c(Oc4[c-]c(-n5nc(CC)c(-c6c(CC)cccc6CC)c5CC)cc(C(C)(C)C)c4)ccc3c3ccccc32)c1.[Pd+2]. The Labute approximate surface area is 329 Å². The van der Waals surface area contributed by atoms with E-state index in [2.05, 4.69) is 150 Å². The molecule has 0 aliphatic carbocycles. The van der Waals surface area contributed by atoms with Crippen molar-refractivity contribution in [2.24, 2.45) is 0 Å². The van der Waals surface area contributed by atoms with Gasteiger partial charge in [0.25, 0.3) is 0 Å². The Hall–Kier alpha value is -4.50. The summed E-state index contributed by atoms with van der Waals surface area (Å²) in [4.78, 5) is 4.82. The number of hydrogen-bond acceptors (Lipinski definition) is 3. The Bertz CT molecular complexity index is 2370. The molecule has 3 heterocycles. The minimum Gasteiger partial charge on any atom is -0.509 e. The molecule has 0 N–H and O–H groups in total. The van der Waals surface area contributed by atoms with Crippen molar-refractivity contribution < 1.29 is 25.2 Å². The molecule has 0 bridgehead atoms. The minimum atomic E-state index is -0.128. The van der Waals surface area contributed by atoms with E-state index in [9.17, 15) is 0 Å². The Morgan fingerprint density at radius 3 is 2.15 bits per heavy atom. The van der Waals surface area contributed by atoms with Gasteiger partial charge in [-0.2, -0.15) is 11.2 Å². The van der Waals surface area contributed by atoms with Crippen LogP contribution in [0.2, 0.25) is 0 Å². The van der Waals surface area contributed by atoms with Gasteiger partial charge >= 0.3 is 20.4 Å². The number of aromatic nitrogens is 4. The molecule has 0 saturated heterocycles. The smallest absolute Gasteiger partial charge is 0.509 e. The van der Waals surface area contributed by atoms with Gasteiger partial charge in [0.15, 0.2) is 0 Å². The van der Waals surface area contributed by atoms with Gasteiger partial charge in [0.1, 0.15) is 5.82 Å². The number of hydrogen-bond donors (Lipinski definition) is 0. The summed E-state index contributed by atoms with van der Waals surface area (Å²) in [6.07, 6.45) is 7.64. The fraction of sp³-hybridized carbons (Fsp3) is 0.319. The van der Waals surface area contributed by atoms with Gasteiger partial charge in [0, 0.05) is 34.5 Å². The van der Waals surface area contributed by atoms with Crippen molar-refractivity contribution in [3.63, 3.8) is 0 Å². The second kappa shape index (κ2) is 15.9. The normalized spacial score (nSPS) is 11.7. The maximum Gasteiger partial charge on any atom is 2.00 e. The second-order valence-electron chi connectivity index (χ2n) is 14.7. The minimum absolute atomic E-state index is 0. The first-order chi connectivity index (χ1) is 25.2. The van der Waals surface area contributed by atoms with E-state index >= 15 is 0 Å². The van der Waals surface area contributed by atoms with Crippen molar-refractivity contribution in [1.29, 1.82) is 0 Å². The zero-order chi connectivity index (χ0) is 36.6. The van der Waals surface area contributed by atoms with Gasteiger partial charge in [-0.25, -0.2) is 4.98 Å². The molecule has 53 heavy (non-hydrogen) atoms. The maximum atomic E-state index is 6.74. The topological polar surface area (TPSA) is 44.9 Å². The number of rotatable bonds is 11. The summed E-state index contributed by atoms with van der Waals surface area (Å²) >= 11 is 0. The van der Waals surface area contributed by atoms with Crippen LogP contribution in [0.3, 0.4) is 0 Å². The van der Waals surface area contributed by atoms with Crippen molar-refractivity contribution in [2.75, 3.05) is 0 Å². The molecule has 0 saturated carbocycles. The molecule has 5 nitrogen and oxygen atoms in total. The molecule has 0 fully saturated rings. The fourth-order valence-corrected chi connectivity index (χ4v) is 7.58. The molecule has 7 rings (SSSR count). The van der Waals surface area contributed by atoms with Crippen molar-refractivity contribution in [3.05, 3.63) is 131 Å². The Kier molecular flexibility index (Phi) is 11.4. The summed E-state index contributed by atoms with van der Waals surface area (Å²) in [6.45, 7) is 17.9. The molecule has 0 atom stereocenters. The molecule has 0 amide bonds. The van der Waals surface area contributed by atoms with Crippen LogP contribution in [0.5, 0.6) is 11.5 Å². The van der Waals surface area contributed by atoms with Crippen LogP contribution in [0, 0.1) is 12.1 Å². The average Bonchev–Trinajstić information content (AvgIpc) is 3.69. The molecule has 0 radical (unpaired) electrons. The van der Waals surface area contributed by atoms with E-state index in [0.717, 1.165) is 83.1 Å². The molecule has 4 aromatic carbocycles. The van der Waals surface area contributed by atoms with Gasteiger partial charge in [0.2, 0.25) is 0 Å². The average molecular weight is 793 g/mol. The predicted octanol–water partition coefficient (Wildman–Crippen LogP) is 11.9. The van der Waals surface area contributed by atoms with E-state index in [-0.39, 0.29) is 25.8 Å². The number of para-hydroxylation sites is 1. The van der Waals surface area contributed by atoms with Crippen molar-refractivity contribution in [1.82, 2.24) is 19.3 Å². The van der Waals surface area contributed by atoms with Crippen LogP contribution < -0.4 is 4.74 Å². The third kappa shape index (κ3) is 7.25. The maximum absolute atomic E-state index is 6.74. The summed E-state index contributed by atoms with van der Waals surface area (Å²) in [5.74, 6) is 2.16. The molecular weight excluding hydrogens is 743 g/mol. The summed E-state index contributed by atoms with van der Waals surface area (Å²) in [5, 5.41) is 7.59. The third-order valence-corrected chi connectivity index (χ3v) is 10.3. The van der Waals surface area contributed by atoms with Gasteiger partial charge in [-0.3, -0.25) is 4.68 Å². The first-order valence-electron chi connectivity index (χ1n) is 19.1. The largest absolute Gasteiger partial charge is 2.00 e. The fourth-order valence-electron chi connectivity index (χ4n) is 7.58. The van der Waals surface area contributed by atoms with E-state index in [1.54, 1.807) is 0 Å². The van der Waals surface area contributed by atoms with Crippen LogP contribution >= 0.6 is 0 Å². The Morgan fingerprint density at radius 2 is 1.47 bits per heavy atom. The number of benzene rings is 4. The van der Waals surface area contributed by atoms with E-state index in [1.165, 1.54) is 33.5 Å². The van der Waals surface area contributed by atoms with Crippen LogP contribution in [0.4, 0.5) is 0 Å². The number of fused-ring (bicyclic) bond motifs is 3. The molecule has 0 aliphatic rings. The van der Waals surface area contributed by atoms with Crippen molar-refractivity contribution >= 4 is 21.8 Å². The van der Waals surface area contributed by atoms with Gasteiger partial charge in [0.05, 0.1) is 5.69 Å². The van der Waals surface area contributed by atoms with Crippen LogP contribution in [-0.2, 0) is 57.9 Å². The second-order valence-corrected chi connectivity index (χ2v) is 14.7. The summed E-state index contributed by atoms with van der Waals surface area (Å²) in [6, 6.07) is 35.3. The van der Waals surface area contributed by atoms with Crippen LogP contribution in [0.15, 0.2) is 85.1 Å². The summed E-state index contributed by atoms with van der Waals surface area (Å²) in [5.41, 5.74) is 12.9. The quantitative estimate of drug-likeness (QED) is 0.0968. The number of nitrogens with zero attached hydrogens (tertiary/aromatic N) is 4. The third-order valence-electron chi connectivity index (χ3n) is 10.3. The Balaban J connectivity index is 0.00000481. The molecular formula is C47H50N4OPd. The first-order valence-corrected chi connectivity index (χ1v) is 19.1. The van der Waals surface area contributed by atoms with E-state index in [1.807, 2.05) is 12.3 Å². The zero-order valence-electron chi connectivity index (χ0n) is 32.3. The standard InChI is InChI=1S/C47H50N4O.Pd/c1-9-17-31-24-25-48-44(26-31)50-42-21-15-14-20-38(42)39-23-22-36(30-43(39)50)52-37-28-34(47(6,7)8)27-35(29-37)51-41(13-5)46(40(12-4)49-51)45-32(10-2)18-16-19-33(45)11-3;/h14-16,18-28H,9-13,17H2,1-8H3;/q-2;+2. The van der Waals surface area contributed by atoms with Crippen LogP contribution in [-0.4, -0.2) is 19.3 Å². The molecule has 7 aromatic rings. The number of ether oxygens (including phenoxy) is 1. The van der Waals surface area contributed by atoms with Crippen molar-refractivity contribution in [3.8, 4) is 34.1 Å². The summed E-state index contributed by atoms with van der Waals surface area (Å²) in [7, 11) is 0. The predicted molar refractivity (Wildman–Crippen MR) is 216 cm³/mol. The van der Waals surface area contributed by atoms with Crippen LogP contribution in [0.1, 0.15) is 95.5 Å². The van der Waals surface area contributed by atoms with Crippen LogP contribution in [0.25, 0.3) is 44.4 Å². The zero-order valence-corrected chi connectivity index (χ0v) is 33.9. The van der Waals surface area contributed by atoms with E-state index < -0.39 is 0 Å². The van der Waals surface area contributed by atoms with E-state index in [0.29, 0.717) is 11.5 Å². The van der Waals surface area contributed by atoms with E-state index in [4.69, 9.17) is 14.8 Å². The molecule has 0 spiro atoms. The van der Waals surface area contributed by atoms with Gasteiger partial charge in [-0.1, -0.05) is 104 Å². The molecule has 0 aliphatic heterocycles. The van der Waals surface area contributed by atoms with Gasteiger partial charge < -0.3 is 9.30 Å². The van der Waals surface area contributed by atoms with Gasteiger partial charge in [-0.15, -0.1) is 41.3 Å². The molecule has 0 unspecified atom stereocenters. The Morgan fingerprint density at radius 1 is 0.717 bits per heavy atom. The first kappa shape index (κ1) is 38.2. The van der Waals surface area contributed by atoms with Crippen molar-refractivity contribution in [2.45, 2.75) is 99.3 Å². The summed E-state index contributed by atoms with van der Waals surface area (Å²) < 4.78 is 11.1. The molecule has 6 heteroatoms. The number of aryl methyl sites for hydroxylation is 4. The monoisotopic (exact) mass is 792 g/mol. The molecule has 3 aromatic heterocycles.